The second-order valence-electron chi connectivity index (χ2n) is 9.21. The molecular weight excluding hydrogens is 396 g/mol. The number of aliphatic hydroxyl groups is 2. The van der Waals surface area contributed by atoms with Crippen LogP contribution in [0.2, 0.25) is 0 Å². The molecule has 0 aromatic heterocycles. The zero-order valence-corrected chi connectivity index (χ0v) is 18.6. The first-order valence-electron chi connectivity index (χ1n) is 14.1. The number of hydrogen-bond donors (Lipinski definition) is 3. The van der Waals surface area contributed by atoms with Crippen molar-refractivity contribution < 1.29 is 37.9 Å². The third-order valence-corrected chi connectivity index (χ3v) is 6.52. The Morgan fingerprint density at radius 3 is 2.61 bits per heavy atom. The minimum Gasteiger partial charge on any atom is -0.481 e. The van der Waals surface area contributed by atoms with E-state index < -0.39 is 62.2 Å². The van der Waals surface area contributed by atoms with Crippen LogP contribution in [-0.2, 0) is 14.3 Å². The maximum absolute atomic E-state index is 13.4. The second-order valence-corrected chi connectivity index (χ2v) is 9.21. The van der Waals surface area contributed by atoms with Gasteiger partial charge in [-0.25, -0.2) is 0 Å². The molecule has 6 nitrogen and oxygen atoms in total. The molecule has 0 heterocycles. The summed E-state index contributed by atoms with van der Waals surface area (Å²) in [6.45, 7) is -0.893. The molecule has 0 bridgehead atoms. The number of carbonyl (C=O) groups excluding carboxylic acids is 1. The smallest absolute Gasteiger partial charge is 0.311 e. The molecule has 7 atom stereocenters. The first-order chi connectivity index (χ1) is 16.9. The summed E-state index contributed by atoms with van der Waals surface area (Å²) in [6.07, 6.45) is 3.39. The maximum Gasteiger partial charge on any atom is 0.311 e. The minimum atomic E-state index is -3.09. The largest absolute Gasteiger partial charge is 0.481 e. The predicted octanol–water partition coefficient (Wildman–Crippen LogP) is 4.11. The van der Waals surface area contributed by atoms with E-state index in [1.54, 1.807) is 0 Å². The van der Waals surface area contributed by atoms with E-state index >= 15 is 0 Å². The molecule has 0 saturated heterocycles. The molecule has 6 heteroatoms. The summed E-state index contributed by atoms with van der Waals surface area (Å²) < 4.78 is 53.3. The molecule has 0 radical (unpaired) electrons. The normalized spacial score (nSPS) is 33.8. The summed E-state index contributed by atoms with van der Waals surface area (Å²) in [7, 11) is 0. The Morgan fingerprint density at radius 2 is 2.00 bits per heavy atom. The lowest BCUT2D eigenvalue weighted by Crippen LogP contribution is -2.43. The second kappa shape index (κ2) is 10.8. The molecule has 0 saturated carbocycles. The number of esters is 1. The minimum absolute atomic E-state index is 0.0102. The molecule has 0 spiro atoms. The van der Waals surface area contributed by atoms with Crippen LogP contribution >= 0.6 is 0 Å². The summed E-state index contributed by atoms with van der Waals surface area (Å²) in [4.78, 5) is 24.2. The standard InChI is InChI=1S/C25H40O6/c1-6-25(4,5)24(30)31-21-12-15(2)11-17-8-7-16(3)20(23(17)21)10-9-18(26)13-19(27)14-22(28)29/h7-8,11,15-16,18-21,23,26-27H,6,9-10,12-14H2,1-5H3,(H,28,29)/t15-,16-,18+,19+,20-,21-,23-/m1/s1/i4D3,5D3. The van der Waals surface area contributed by atoms with Crippen molar-refractivity contribution in [1.29, 1.82) is 0 Å². The number of carboxylic acid groups (broad SMARTS) is 1. The molecular formula is C25H40O6. The van der Waals surface area contributed by atoms with Gasteiger partial charge in [0.25, 0.3) is 0 Å². The van der Waals surface area contributed by atoms with Crippen molar-refractivity contribution in [2.24, 2.45) is 29.1 Å². The van der Waals surface area contributed by atoms with Gasteiger partial charge in [0.15, 0.2) is 0 Å². The SMILES string of the molecule is [2H]C([2H])([2H])C(CC)(C(=O)O[C@@H]1C[C@H](C)C=C2C=C[C@@H](C)[C@@H](CC[C@H](O)C[C@H](O)CC(=O)O)[C@@H]21)C([2H])([2H])[2H]. The van der Waals surface area contributed by atoms with Gasteiger partial charge in [-0.2, -0.15) is 0 Å². The van der Waals surface area contributed by atoms with Crippen LogP contribution in [0.4, 0.5) is 0 Å². The lowest BCUT2D eigenvalue weighted by molar-refractivity contribution is -0.164. The monoisotopic (exact) mass is 442 g/mol. The molecule has 31 heavy (non-hydrogen) atoms. The summed E-state index contributed by atoms with van der Waals surface area (Å²) >= 11 is 0. The highest BCUT2D eigenvalue weighted by molar-refractivity contribution is 5.76. The average molecular weight is 443 g/mol. The van der Waals surface area contributed by atoms with Crippen molar-refractivity contribution in [1.82, 2.24) is 0 Å². The van der Waals surface area contributed by atoms with Crippen molar-refractivity contribution in [2.45, 2.75) is 91.3 Å². The zero-order chi connectivity index (χ0) is 28.3. The number of allylic oxidation sites excluding steroid dienone is 3. The molecule has 0 aliphatic heterocycles. The Morgan fingerprint density at radius 1 is 1.29 bits per heavy atom. The van der Waals surface area contributed by atoms with Crippen molar-refractivity contribution >= 4 is 11.9 Å². The number of hydrogen-bond acceptors (Lipinski definition) is 5. The van der Waals surface area contributed by atoms with Crippen molar-refractivity contribution in [2.75, 3.05) is 0 Å². The van der Waals surface area contributed by atoms with Gasteiger partial charge >= 0.3 is 11.9 Å². The maximum atomic E-state index is 13.4. The van der Waals surface area contributed by atoms with Crippen molar-refractivity contribution in [3.63, 3.8) is 0 Å². The Bertz CT molecular complexity index is 866. The van der Waals surface area contributed by atoms with Gasteiger partial charge in [0.2, 0.25) is 0 Å². The molecule has 2 aliphatic carbocycles. The first kappa shape index (κ1) is 17.8. The Balaban J connectivity index is 2.31. The van der Waals surface area contributed by atoms with Crippen LogP contribution in [0.15, 0.2) is 23.8 Å². The van der Waals surface area contributed by atoms with E-state index in [1.807, 2.05) is 26.0 Å². The van der Waals surface area contributed by atoms with Gasteiger partial charge < -0.3 is 20.1 Å². The van der Waals surface area contributed by atoms with E-state index in [1.165, 1.54) is 6.92 Å². The van der Waals surface area contributed by atoms with Crippen LogP contribution in [0.25, 0.3) is 0 Å². The average Bonchev–Trinajstić information content (AvgIpc) is 2.71. The number of aliphatic carboxylic acids is 1. The van der Waals surface area contributed by atoms with Gasteiger partial charge in [0.1, 0.15) is 6.10 Å². The molecule has 0 unspecified atom stereocenters. The number of fused-ring (bicyclic) bond motifs is 1. The first-order valence-corrected chi connectivity index (χ1v) is 11.1. The molecule has 0 amide bonds. The lowest BCUT2D eigenvalue weighted by Gasteiger charge is -2.44. The fraction of sp³-hybridized carbons (Fsp3) is 0.760. The topological polar surface area (TPSA) is 104 Å². The summed E-state index contributed by atoms with van der Waals surface area (Å²) in [5.41, 5.74) is -1.72. The Labute approximate surface area is 194 Å². The number of carbonyl (C=O) groups is 2. The van der Waals surface area contributed by atoms with E-state index in [2.05, 4.69) is 6.08 Å². The molecule has 2 rings (SSSR count). The van der Waals surface area contributed by atoms with E-state index in [4.69, 9.17) is 18.1 Å². The fourth-order valence-electron chi connectivity index (χ4n) is 4.71. The van der Waals surface area contributed by atoms with Gasteiger partial charge in [-0.3, -0.25) is 9.59 Å². The van der Waals surface area contributed by atoms with Gasteiger partial charge in [-0.1, -0.05) is 39.0 Å². The van der Waals surface area contributed by atoms with Crippen LogP contribution in [0.1, 0.15) is 81.2 Å². The highest BCUT2D eigenvalue weighted by Crippen LogP contribution is 2.45. The third-order valence-electron chi connectivity index (χ3n) is 6.52. The molecule has 2 aliphatic rings. The molecule has 0 aromatic carbocycles. The van der Waals surface area contributed by atoms with Crippen LogP contribution in [0.3, 0.4) is 0 Å². The van der Waals surface area contributed by atoms with Crippen LogP contribution < -0.4 is 0 Å². The van der Waals surface area contributed by atoms with Gasteiger partial charge in [0.05, 0.1) is 24.0 Å². The summed E-state index contributed by atoms with van der Waals surface area (Å²) in [5, 5.41) is 29.1. The fourth-order valence-corrected chi connectivity index (χ4v) is 4.71. The molecule has 176 valence electrons. The number of rotatable bonds is 10. The Hall–Kier alpha value is -1.66. The van der Waals surface area contributed by atoms with E-state index in [-0.39, 0.29) is 36.5 Å². The van der Waals surface area contributed by atoms with Crippen LogP contribution in [0.5, 0.6) is 0 Å². The number of carboxylic acids is 1. The highest BCUT2D eigenvalue weighted by Gasteiger charge is 2.42. The van der Waals surface area contributed by atoms with Crippen molar-refractivity contribution in [3.8, 4) is 0 Å². The van der Waals surface area contributed by atoms with Gasteiger partial charge in [-0.05, 0) is 69.1 Å². The van der Waals surface area contributed by atoms with Gasteiger partial charge in [0, 0.05) is 14.1 Å². The lowest BCUT2D eigenvalue weighted by atomic mass is 9.65. The summed E-state index contributed by atoms with van der Waals surface area (Å²) in [5.74, 6) is -2.79. The Kier molecular flexibility index (Phi) is 6.20. The molecule has 0 fully saturated rings. The van der Waals surface area contributed by atoms with Crippen LogP contribution in [-0.4, -0.2) is 45.6 Å². The van der Waals surface area contributed by atoms with E-state index in [0.29, 0.717) is 12.8 Å². The zero-order valence-electron chi connectivity index (χ0n) is 24.6. The van der Waals surface area contributed by atoms with Crippen LogP contribution in [0, 0.1) is 29.1 Å². The summed E-state index contributed by atoms with van der Waals surface area (Å²) in [6, 6.07) is 0. The number of ether oxygens (including phenoxy) is 1. The van der Waals surface area contributed by atoms with E-state index in [9.17, 15) is 19.8 Å². The van der Waals surface area contributed by atoms with E-state index in [0.717, 1.165) is 5.57 Å². The third kappa shape index (κ3) is 6.91. The molecule has 3 N–H and O–H groups in total. The quantitative estimate of drug-likeness (QED) is 0.440. The highest BCUT2D eigenvalue weighted by atomic mass is 16.5. The predicted molar refractivity (Wildman–Crippen MR) is 119 cm³/mol. The molecule has 0 aromatic rings. The number of aliphatic hydroxyl groups excluding tert-OH is 2. The van der Waals surface area contributed by atoms with Gasteiger partial charge in [-0.15, -0.1) is 0 Å². The van der Waals surface area contributed by atoms with Crippen molar-refractivity contribution in [3.05, 3.63) is 23.8 Å².